The van der Waals surface area contributed by atoms with Crippen LogP contribution in [-0.4, -0.2) is 20.8 Å². The zero-order valence-corrected chi connectivity index (χ0v) is 12.2. The Labute approximate surface area is 118 Å². The molecular formula is C13H16F3N3S. The van der Waals surface area contributed by atoms with Crippen LogP contribution in [0.15, 0.2) is 0 Å². The summed E-state index contributed by atoms with van der Waals surface area (Å²) in [6.07, 6.45) is -2.75. The molecule has 0 aromatic carbocycles. The van der Waals surface area contributed by atoms with Crippen molar-refractivity contribution in [1.29, 1.82) is 0 Å². The normalized spacial score (nSPS) is 19.8. The first-order chi connectivity index (χ1) is 9.34. The monoisotopic (exact) mass is 303 g/mol. The smallest absolute Gasteiger partial charge is 0.222 e. The first kappa shape index (κ1) is 13.9. The Morgan fingerprint density at radius 2 is 2.15 bits per heavy atom. The van der Waals surface area contributed by atoms with Crippen molar-refractivity contribution in [2.45, 2.75) is 45.7 Å². The van der Waals surface area contributed by atoms with Gasteiger partial charge in [0.25, 0.3) is 0 Å². The Morgan fingerprint density at radius 3 is 2.80 bits per heavy atom. The first-order valence-electron chi connectivity index (χ1n) is 6.77. The summed E-state index contributed by atoms with van der Waals surface area (Å²) in [6.45, 7) is 4.19. The highest BCUT2D eigenvalue weighted by atomic mass is 32.1. The molecule has 0 saturated heterocycles. The fourth-order valence-electron chi connectivity index (χ4n) is 2.63. The van der Waals surface area contributed by atoms with E-state index in [-0.39, 0.29) is 12.8 Å². The van der Waals surface area contributed by atoms with E-state index >= 15 is 0 Å². The van der Waals surface area contributed by atoms with E-state index in [1.807, 2.05) is 0 Å². The van der Waals surface area contributed by atoms with Crippen LogP contribution in [0.25, 0.3) is 4.96 Å². The summed E-state index contributed by atoms with van der Waals surface area (Å²) in [5.74, 6) is -0.783. The number of halogens is 3. The molecule has 0 fully saturated rings. The average molecular weight is 303 g/mol. The van der Waals surface area contributed by atoms with Crippen LogP contribution in [0.1, 0.15) is 36.7 Å². The van der Waals surface area contributed by atoms with Crippen LogP contribution in [0.5, 0.6) is 0 Å². The first-order valence-corrected chi connectivity index (χ1v) is 7.59. The van der Waals surface area contributed by atoms with Crippen molar-refractivity contribution in [3.8, 4) is 0 Å². The van der Waals surface area contributed by atoms with Gasteiger partial charge in [0.1, 0.15) is 5.01 Å². The number of imidazole rings is 1. The van der Waals surface area contributed by atoms with Gasteiger partial charge in [-0.1, -0.05) is 25.2 Å². The van der Waals surface area contributed by atoms with Crippen molar-refractivity contribution < 1.29 is 13.2 Å². The van der Waals surface area contributed by atoms with Gasteiger partial charge in [0, 0.05) is 12.8 Å². The topological polar surface area (TPSA) is 30.2 Å². The third-order valence-corrected chi connectivity index (χ3v) is 4.57. The Hall–Kier alpha value is -1.11. The summed E-state index contributed by atoms with van der Waals surface area (Å²) in [6, 6.07) is 0. The predicted molar refractivity (Wildman–Crippen MR) is 71.0 cm³/mol. The predicted octanol–water partition coefficient (Wildman–Crippen LogP) is 3.66. The molecule has 0 aliphatic heterocycles. The SMILES string of the molecule is CC(C)Cc1nn2c3c(nc2s1)CCC(C(F)(F)F)C3. The molecule has 2 aromatic rings. The number of nitrogens with zero attached hydrogens (tertiary/aromatic N) is 3. The van der Waals surface area contributed by atoms with Gasteiger partial charge in [-0.15, -0.1) is 0 Å². The standard InChI is InChI=1S/C13H16F3N3S/c1-7(2)5-11-18-19-10-6-8(13(14,15)16)3-4-9(10)17-12(19)20-11/h7-8H,3-6H2,1-2H3. The molecule has 3 rings (SSSR count). The summed E-state index contributed by atoms with van der Waals surface area (Å²) >= 11 is 1.49. The second kappa shape index (κ2) is 4.72. The van der Waals surface area contributed by atoms with E-state index in [4.69, 9.17) is 0 Å². The molecule has 1 unspecified atom stereocenters. The zero-order chi connectivity index (χ0) is 14.5. The summed E-state index contributed by atoms with van der Waals surface area (Å²) in [4.78, 5) is 5.18. The summed E-state index contributed by atoms with van der Waals surface area (Å²) in [5, 5.41) is 5.39. The molecule has 110 valence electrons. The van der Waals surface area contributed by atoms with Crippen LogP contribution in [0.3, 0.4) is 0 Å². The maximum absolute atomic E-state index is 12.9. The molecule has 7 heteroatoms. The molecule has 0 radical (unpaired) electrons. The molecule has 2 aromatic heterocycles. The Morgan fingerprint density at radius 1 is 1.40 bits per heavy atom. The molecule has 0 amide bonds. The van der Waals surface area contributed by atoms with Gasteiger partial charge < -0.3 is 0 Å². The number of fused-ring (bicyclic) bond motifs is 3. The molecule has 0 N–H and O–H groups in total. The Balaban J connectivity index is 1.94. The van der Waals surface area contributed by atoms with E-state index in [2.05, 4.69) is 23.9 Å². The van der Waals surface area contributed by atoms with Crippen molar-refractivity contribution in [1.82, 2.24) is 14.6 Å². The van der Waals surface area contributed by atoms with Gasteiger partial charge in [0.05, 0.1) is 17.3 Å². The largest absolute Gasteiger partial charge is 0.392 e. The van der Waals surface area contributed by atoms with Crippen molar-refractivity contribution in [3.05, 3.63) is 16.4 Å². The van der Waals surface area contributed by atoms with Gasteiger partial charge in [-0.25, -0.2) is 9.50 Å². The minimum atomic E-state index is -4.13. The van der Waals surface area contributed by atoms with E-state index < -0.39 is 12.1 Å². The lowest BCUT2D eigenvalue weighted by atomic mass is 9.89. The van der Waals surface area contributed by atoms with Crippen LogP contribution in [0.2, 0.25) is 0 Å². The van der Waals surface area contributed by atoms with E-state index in [1.165, 1.54) is 11.3 Å². The van der Waals surface area contributed by atoms with E-state index in [9.17, 15) is 13.2 Å². The molecule has 20 heavy (non-hydrogen) atoms. The second-order valence-electron chi connectivity index (χ2n) is 5.77. The van der Waals surface area contributed by atoms with Crippen molar-refractivity contribution in [3.63, 3.8) is 0 Å². The van der Waals surface area contributed by atoms with Gasteiger partial charge >= 0.3 is 6.18 Å². The highest BCUT2D eigenvalue weighted by Gasteiger charge is 2.42. The van der Waals surface area contributed by atoms with Crippen LogP contribution < -0.4 is 0 Å². The number of aromatic nitrogens is 3. The van der Waals surface area contributed by atoms with Crippen LogP contribution in [0, 0.1) is 11.8 Å². The van der Waals surface area contributed by atoms with Gasteiger partial charge in [-0.2, -0.15) is 18.3 Å². The van der Waals surface area contributed by atoms with E-state index in [0.29, 0.717) is 18.0 Å². The molecule has 3 nitrogen and oxygen atoms in total. The van der Waals surface area contributed by atoms with Gasteiger partial charge in [0.15, 0.2) is 0 Å². The number of alkyl halides is 3. The fraction of sp³-hybridized carbons (Fsp3) is 0.692. The number of hydrogen-bond acceptors (Lipinski definition) is 3. The van der Waals surface area contributed by atoms with E-state index in [0.717, 1.165) is 22.1 Å². The third-order valence-electron chi connectivity index (χ3n) is 3.64. The lowest BCUT2D eigenvalue weighted by molar-refractivity contribution is -0.177. The highest BCUT2D eigenvalue weighted by Crippen LogP contribution is 2.37. The van der Waals surface area contributed by atoms with Gasteiger partial charge in [0.2, 0.25) is 4.96 Å². The lowest BCUT2D eigenvalue weighted by Gasteiger charge is -2.23. The molecule has 0 bridgehead atoms. The van der Waals surface area contributed by atoms with Crippen molar-refractivity contribution in [2.75, 3.05) is 0 Å². The summed E-state index contributed by atoms with van der Waals surface area (Å²) in [7, 11) is 0. The molecule has 1 aliphatic carbocycles. The van der Waals surface area contributed by atoms with Gasteiger partial charge in [-0.3, -0.25) is 0 Å². The molecule has 0 saturated carbocycles. The Kier molecular flexibility index (Phi) is 3.27. The fourth-order valence-corrected chi connectivity index (χ4v) is 3.78. The maximum Gasteiger partial charge on any atom is 0.392 e. The lowest BCUT2D eigenvalue weighted by Crippen LogP contribution is -2.29. The summed E-state index contributed by atoms with van der Waals surface area (Å²) < 4.78 is 40.2. The second-order valence-corrected chi connectivity index (χ2v) is 6.82. The van der Waals surface area contributed by atoms with Gasteiger partial charge in [-0.05, 0) is 18.8 Å². The molecule has 1 atom stereocenters. The number of hydrogen-bond donors (Lipinski definition) is 0. The molecule has 2 heterocycles. The van der Waals surface area contributed by atoms with Crippen LogP contribution in [-0.2, 0) is 19.3 Å². The number of rotatable bonds is 2. The minimum Gasteiger partial charge on any atom is -0.222 e. The number of aryl methyl sites for hydroxylation is 1. The molecular weight excluding hydrogens is 287 g/mol. The van der Waals surface area contributed by atoms with Crippen LogP contribution in [0.4, 0.5) is 13.2 Å². The maximum atomic E-state index is 12.9. The van der Waals surface area contributed by atoms with Crippen molar-refractivity contribution >= 4 is 16.3 Å². The molecule has 1 aliphatic rings. The van der Waals surface area contributed by atoms with Crippen molar-refractivity contribution in [2.24, 2.45) is 11.8 Å². The average Bonchev–Trinajstić information content (AvgIpc) is 2.82. The summed E-state index contributed by atoms with van der Waals surface area (Å²) in [5.41, 5.74) is 1.44. The van der Waals surface area contributed by atoms with Crippen LogP contribution >= 0.6 is 11.3 Å². The van der Waals surface area contributed by atoms with E-state index in [1.54, 1.807) is 4.52 Å². The third kappa shape index (κ3) is 2.43. The zero-order valence-electron chi connectivity index (χ0n) is 11.4. The quantitative estimate of drug-likeness (QED) is 0.847. The highest BCUT2D eigenvalue weighted by molar-refractivity contribution is 7.16. The minimum absolute atomic E-state index is 0.00481. The Bertz CT molecular complexity index is 627. The molecule has 0 spiro atoms.